The molecular formula is C20H25BrN2. The fraction of sp³-hybridized carbons (Fsp3) is 0.300. The van der Waals surface area contributed by atoms with Crippen molar-refractivity contribution >= 4 is 5.52 Å². The molecule has 0 N–H and O–H groups in total. The number of rotatable bonds is 5. The highest BCUT2D eigenvalue weighted by Gasteiger charge is 2.13. The molecule has 0 atom stereocenters. The molecule has 3 heteroatoms. The Morgan fingerprint density at radius 2 is 1.61 bits per heavy atom. The van der Waals surface area contributed by atoms with Gasteiger partial charge in [-0.3, -0.25) is 0 Å². The molecule has 0 aliphatic rings. The van der Waals surface area contributed by atoms with Gasteiger partial charge >= 0.3 is 0 Å². The molecule has 3 aromatic rings. The van der Waals surface area contributed by atoms with Crippen LogP contribution in [-0.4, -0.2) is 36.6 Å². The van der Waals surface area contributed by atoms with Crippen LogP contribution in [0.2, 0.25) is 0 Å². The Kier molecular flexibility index (Phi) is 5.66. The number of pyridine rings is 1. The van der Waals surface area contributed by atoms with Gasteiger partial charge in [-0.15, -0.1) is 0 Å². The molecule has 0 saturated carbocycles. The fourth-order valence-electron chi connectivity index (χ4n) is 3.04. The summed E-state index contributed by atoms with van der Waals surface area (Å²) in [6, 6.07) is 17.2. The molecule has 0 aliphatic heterocycles. The summed E-state index contributed by atoms with van der Waals surface area (Å²) in [6.07, 6.45) is 6.75. The molecule has 0 radical (unpaired) electrons. The predicted molar refractivity (Wildman–Crippen MR) is 94.1 cm³/mol. The van der Waals surface area contributed by atoms with Gasteiger partial charge in [0.1, 0.15) is 0 Å². The van der Waals surface area contributed by atoms with Crippen LogP contribution in [0.1, 0.15) is 12.0 Å². The van der Waals surface area contributed by atoms with Crippen LogP contribution in [0.25, 0.3) is 16.6 Å². The van der Waals surface area contributed by atoms with Gasteiger partial charge in [-0.2, -0.15) is 0 Å². The summed E-state index contributed by atoms with van der Waals surface area (Å²) < 4.78 is 3.27. The Labute approximate surface area is 149 Å². The Morgan fingerprint density at radius 1 is 0.913 bits per heavy atom. The zero-order chi connectivity index (χ0) is 15.6. The topological polar surface area (TPSA) is 4.41 Å². The summed E-state index contributed by atoms with van der Waals surface area (Å²) in [5.74, 6) is 0. The average Bonchev–Trinajstić information content (AvgIpc) is 2.86. The van der Waals surface area contributed by atoms with Crippen LogP contribution in [0.4, 0.5) is 0 Å². The minimum atomic E-state index is 0. The van der Waals surface area contributed by atoms with Crippen LogP contribution < -0.4 is 17.0 Å². The highest BCUT2D eigenvalue weighted by atomic mass is 79.9. The second kappa shape index (κ2) is 7.33. The van der Waals surface area contributed by atoms with Crippen molar-refractivity contribution in [2.75, 3.05) is 27.7 Å². The van der Waals surface area contributed by atoms with Crippen molar-refractivity contribution in [1.29, 1.82) is 0 Å². The third-order valence-corrected chi connectivity index (χ3v) is 4.13. The number of hydrogen-bond acceptors (Lipinski definition) is 0. The SMILES string of the molecule is C[N+](C)(C)CCCc1c(-c2ccccc2)cn2ccccc12.[Br-]. The normalized spacial score (nSPS) is 11.4. The van der Waals surface area contributed by atoms with E-state index in [1.165, 1.54) is 35.2 Å². The zero-order valence-electron chi connectivity index (χ0n) is 14.2. The number of benzene rings is 1. The van der Waals surface area contributed by atoms with Crippen LogP contribution in [0, 0.1) is 0 Å². The van der Waals surface area contributed by atoms with Crippen LogP contribution in [-0.2, 0) is 6.42 Å². The van der Waals surface area contributed by atoms with Gasteiger partial charge < -0.3 is 25.9 Å². The van der Waals surface area contributed by atoms with Crippen molar-refractivity contribution in [2.24, 2.45) is 0 Å². The van der Waals surface area contributed by atoms with E-state index in [2.05, 4.69) is 86.5 Å². The van der Waals surface area contributed by atoms with Crippen LogP contribution in [0.5, 0.6) is 0 Å². The quantitative estimate of drug-likeness (QED) is 0.593. The highest BCUT2D eigenvalue weighted by molar-refractivity contribution is 5.76. The summed E-state index contributed by atoms with van der Waals surface area (Å²) in [7, 11) is 6.78. The first-order valence-electron chi connectivity index (χ1n) is 7.99. The standard InChI is InChI=1S/C20H25N2.BrH/c1-22(2,3)15-9-12-18-19(17-10-5-4-6-11-17)16-21-14-8-7-13-20(18)21;/h4-8,10-11,13-14,16H,9,12,15H2,1-3H3;1H/q+1;/p-1. The van der Waals surface area contributed by atoms with Gasteiger partial charge in [0.15, 0.2) is 0 Å². The molecule has 0 unspecified atom stereocenters. The van der Waals surface area contributed by atoms with Crippen molar-refractivity contribution in [3.8, 4) is 11.1 Å². The van der Waals surface area contributed by atoms with Crippen molar-refractivity contribution in [3.63, 3.8) is 0 Å². The molecule has 3 rings (SSSR count). The third-order valence-electron chi connectivity index (χ3n) is 4.13. The summed E-state index contributed by atoms with van der Waals surface area (Å²) in [6.45, 7) is 1.19. The minimum Gasteiger partial charge on any atom is -1.00 e. The molecule has 2 aromatic heterocycles. The lowest BCUT2D eigenvalue weighted by molar-refractivity contribution is -0.870. The predicted octanol–water partition coefficient (Wildman–Crippen LogP) is 1.25. The lowest BCUT2D eigenvalue weighted by Crippen LogP contribution is -3.00. The van der Waals surface area contributed by atoms with Crippen LogP contribution >= 0.6 is 0 Å². The van der Waals surface area contributed by atoms with Gasteiger partial charge in [-0.25, -0.2) is 0 Å². The first-order chi connectivity index (χ1) is 10.5. The van der Waals surface area contributed by atoms with E-state index >= 15 is 0 Å². The van der Waals surface area contributed by atoms with Gasteiger partial charge in [-0.05, 0) is 29.7 Å². The van der Waals surface area contributed by atoms with Gasteiger partial charge in [0.2, 0.25) is 0 Å². The Balaban J connectivity index is 0.00000192. The molecule has 0 aliphatic carbocycles. The third kappa shape index (κ3) is 4.24. The summed E-state index contributed by atoms with van der Waals surface area (Å²) in [5.41, 5.74) is 5.49. The molecular weight excluding hydrogens is 348 g/mol. The van der Waals surface area contributed by atoms with E-state index in [0.717, 1.165) is 10.9 Å². The lowest BCUT2D eigenvalue weighted by Gasteiger charge is -2.23. The number of aromatic nitrogens is 1. The number of halogens is 1. The molecule has 0 bridgehead atoms. The molecule has 0 fully saturated rings. The summed E-state index contributed by atoms with van der Waals surface area (Å²) >= 11 is 0. The maximum atomic E-state index is 2.27. The summed E-state index contributed by atoms with van der Waals surface area (Å²) in [5, 5.41) is 0. The van der Waals surface area contributed by atoms with Crippen molar-refractivity contribution in [1.82, 2.24) is 4.40 Å². The molecule has 23 heavy (non-hydrogen) atoms. The van der Waals surface area contributed by atoms with E-state index in [1.807, 2.05) is 0 Å². The maximum absolute atomic E-state index is 2.27. The van der Waals surface area contributed by atoms with Crippen LogP contribution in [0.15, 0.2) is 60.9 Å². The number of nitrogens with zero attached hydrogens (tertiary/aromatic N) is 2. The number of fused-ring (bicyclic) bond motifs is 1. The Hall–Kier alpha value is -1.58. The molecule has 122 valence electrons. The molecule has 0 saturated heterocycles. The van der Waals surface area contributed by atoms with Gasteiger partial charge in [0.05, 0.1) is 27.7 Å². The van der Waals surface area contributed by atoms with Gasteiger partial charge in [-0.1, -0.05) is 36.4 Å². The molecule has 1 aromatic carbocycles. The zero-order valence-corrected chi connectivity index (χ0v) is 15.8. The van der Waals surface area contributed by atoms with Crippen molar-refractivity contribution in [2.45, 2.75) is 12.8 Å². The van der Waals surface area contributed by atoms with E-state index in [1.54, 1.807) is 0 Å². The first kappa shape index (κ1) is 17.8. The largest absolute Gasteiger partial charge is 1.00 e. The summed E-state index contributed by atoms with van der Waals surface area (Å²) in [4.78, 5) is 0. The van der Waals surface area contributed by atoms with Crippen LogP contribution in [0.3, 0.4) is 0 Å². The smallest absolute Gasteiger partial charge is 0.0783 e. The lowest BCUT2D eigenvalue weighted by atomic mass is 10.00. The number of aryl methyl sites for hydroxylation is 1. The van der Waals surface area contributed by atoms with Gasteiger partial charge in [0, 0.05) is 29.9 Å². The average molecular weight is 373 g/mol. The van der Waals surface area contributed by atoms with E-state index in [4.69, 9.17) is 0 Å². The van der Waals surface area contributed by atoms with Crippen molar-refractivity contribution < 1.29 is 21.5 Å². The maximum Gasteiger partial charge on any atom is 0.0783 e. The Bertz CT molecular complexity index is 754. The fourth-order valence-corrected chi connectivity index (χ4v) is 3.04. The molecule has 2 heterocycles. The van der Waals surface area contributed by atoms with E-state index in [-0.39, 0.29) is 17.0 Å². The number of hydrogen-bond donors (Lipinski definition) is 0. The second-order valence-corrected chi connectivity index (χ2v) is 7.00. The highest BCUT2D eigenvalue weighted by Crippen LogP contribution is 2.29. The number of quaternary nitrogens is 1. The molecule has 0 amide bonds. The van der Waals surface area contributed by atoms with Gasteiger partial charge in [0.25, 0.3) is 0 Å². The van der Waals surface area contributed by atoms with E-state index in [0.29, 0.717) is 0 Å². The first-order valence-corrected chi connectivity index (χ1v) is 7.99. The monoisotopic (exact) mass is 372 g/mol. The Morgan fingerprint density at radius 3 is 2.30 bits per heavy atom. The van der Waals surface area contributed by atoms with E-state index < -0.39 is 0 Å². The molecule has 2 nitrogen and oxygen atoms in total. The van der Waals surface area contributed by atoms with Crippen molar-refractivity contribution in [3.05, 3.63) is 66.5 Å². The second-order valence-electron chi connectivity index (χ2n) is 7.00. The minimum absolute atomic E-state index is 0. The molecule has 0 spiro atoms. The van der Waals surface area contributed by atoms with E-state index in [9.17, 15) is 0 Å².